The van der Waals surface area contributed by atoms with Crippen LogP contribution in [0.5, 0.6) is 0 Å². The number of hydrogen-bond acceptors (Lipinski definition) is 4. The Morgan fingerprint density at radius 1 is 1.20 bits per heavy atom. The largest absolute Gasteiger partial charge is 0.395 e. The summed E-state index contributed by atoms with van der Waals surface area (Å²) in [5.74, 6) is -1.53. The summed E-state index contributed by atoms with van der Waals surface area (Å²) >= 11 is 0. The van der Waals surface area contributed by atoms with Gasteiger partial charge in [0.15, 0.2) is 0 Å². The van der Waals surface area contributed by atoms with Crippen molar-refractivity contribution in [3.63, 3.8) is 0 Å². The molecule has 2 N–H and O–H groups in total. The van der Waals surface area contributed by atoms with Crippen LogP contribution < -0.4 is 10.6 Å². The van der Waals surface area contributed by atoms with Crippen LogP contribution in [0.3, 0.4) is 0 Å². The van der Waals surface area contributed by atoms with Crippen molar-refractivity contribution in [3.05, 3.63) is 65.0 Å². The number of aryl methyl sites for hydroxylation is 1. The smallest absolute Gasteiger partial charge is 0.355 e. The van der Waals surface area contributed by atoms with Crippen molar-refractivity contribution in [2.24, 2.45) is 5.41 Å². The van der Waals surface area contributed by atoms with E-state index in [0.29, 0.717) is 24.1 Å². The van der Waals surface area contributed by atoms with E-state index in [-0.39, 0.29) is 31.2 Å². The number of aromatic nitrogens is 1. The number of carbonyl (C=O) groups excluding carboxylic acids is 2. The van der Waals surface area contributed by atoms with Crippen molar-refractivity contribution >= 4 is 11.8 Å². The van der Waals surface area contributed by atoms with E-state index in [1.54, 1.807) is 25.2 Å². The summed E-state index contributed by atoms with van der Waals surface area (Å²) in [7, 11) is 5.37. The first-order chi connectivity index (χ1) is 16.5. The van der Waals surface area contributed by atoms with E-state index in [9.17, 15) is 22.8 Å². The number of likely N-dealkylation sites (N-methyl/N-ethyl adjacent to an activating group) is 1. The van der Waals surface area contributed by atoms with E-state index in [0.717, 1.165) is 11.1 Å². The molecular formula is C26H33F3N4O2. The summed E-state index contributed by atoms with van der Waals surface area (Å²) in [6, 6.07) is 8.63. The molecule has 0 unspecified atom stereocenters. The van der Waals surface area contributed by atoms with Crippen molar-refractivity contribution < 1.29 is 22.8 Å². The molecule has 9 heteroatoms. The van der Waals surface area contributed by atoms with Gasteiger partial charge in [0, 0.05) is 49.9 Å². The fourth-order valence-corrected chi connectivity index (χ4v) is 4.57. The standard InChI is InChI=1S/C26H33F3N4O2/c1-17-12-19(24(35)30-2)8-7-18(17)13-21(33(3)4)16-32-23(34)14-22(20-6-5-11-31-15-20)25(9-10-25)26(27,28)29/h5-8,11-12,15,21-22H,9-10,13-14,16H2,1-4H3,(H,30,35)(H,32,34)/t21-,22+/m0/s1. The molecule has 0 spiro atoms. The van der Waals surface area contributed by atoms with Gasteiger partial charge in [-0.05, 0) is 75.2 Å². The highest BCUT2D eigenvalue weighted by Crippen LogP contribution is 2.66. The molecule has 6 nitrogen and oxygen atoms in total. The average molecular weight is 491 g/mol. The van der Waals surface area contributed by atoms with Crippen molar-refractivity contribution in [3.8, 4) is 0 Å². The number of rotatable bonds is 10. The van der Waals surface area contributed by atoms with Crippen LogP contribution in [-0.2, 0) is 11.2 Å². The van der Waals surface area contributed by atoms with Gasteiger partial charge < -0.3 is 15.5 Å². The van der Waals surface area contributed by atoms with Crippen molar-refractivity contribution in [1.82, 2.24) is 20.5 Å². The maximum absolute atomic E-state index is 13.9. The van der Waals surface area contributed by atoms with Gasteiger partial charge in [0.05, 0.1) is 5.41 Å². The topological polar surface area (TPSA) is 74.3 Å². The van der Waals surface area contributed by atoms with E-state index < -0.39 is 23.4 Å². The number of pyridine rings is 1. The highest BCUT2D eigenvalue weighted by molar-refractivity contribution is 5.94. The summed E-state index contributed by atoms with van der Waals surface area (Å²) in [5.41, 5.74) is 1.14. The lowest BCUT2D eigenvalue weighted by molar-refractivity contribution is -0.194. The van der Waals surface area contributed by atoms with Gasteiger partial charge in [-0.2, -0.15) is 13.2 Å². The number of benzene rings is 1. The van der Waals surface area contributed by atoms with Crippen LogP contribution in [0.15, 0.2) is 42.7 Å². The van der Waals surface area contributed by atoms with Crippen LogP contribution >= 0.6 is 0 Å². The second kappa shape index (κ2) is 10.8. The molecule has 1 fully saturated rings. The molecule has 2 amide bonds. The quantitative estimate of drug-likeness (QED) is 0.531. The molecule has 1 aromatic carbocycles. The molecule has 1 aliphatic rings. The molecule has 0 aliphatic heterocycles. The van der Waals surface area contributed by atoms with Gasteiger partial charge in [0.1, 0.15) is 0 Å². The third kappa shape index (κ3) is 6.20. The van der Waals surface area contributed by atoms with Crippen molar-refractivity contribution in [1.29, 1.82) is 0 Å². The van der Waals surface area contributed by atoms with E-state index in [1.165, 1.54) is 12.4 Å². The SMILES string of the molecule is CNC(=O)c1ccc(C[C@@H](CNC(=O)C[C@H](c2cccnc2)C2(C(F)(F)F)CC2)N(C)C)c(C)c1. The first kappa shape index (κ1) is 26.7. The van der Waals surface area contributed by atoms with Gasteiger partial charge in [-0.15, -0.1) is 0 Å². The molecule has 2 atom stereocenters. The van der Waals surface area contributed by atoms with E-state index in [4.69, 9.17) is 0 Å². The zero-order valence-electron chi connectivity index (χ0n) is 20.6. The van der Waals surface area contributed by atoms with E-state index in [2.05, 4.69) is 15.6 Å². The predicted molar refractivity (Wildman–Crippen MR) is 128 cm³/mol. The van der Waals surface area contributed by atoms with E-state index in [1.807, 2.05) is 38.1 Å². The van der Waals surface area contributed by atoms with Crippen LogP contribution in [0.2, 0.25) is 0 Å². The summed E-state index contributed by atoms with van der Waals surface area (Å²) in [4.78, 5) is 30.7. The lowest BCUT2D eigenvalue weighted by atomic mass is 9.80. The second-order valence-electron chi connectivity index (χ2n) is 9.54. The number of alkyl halides is 3. The van der Waals surface area contributed by atoms with Gasteiger partial charge in [-0.25, -0.2) is 0 Å². The third-order valence-corrected chi connectivity index (χ3v) is 7.05. The fourth-order valence-electron chi connectivity index (χ4n) is 4.57. The zero-order chi connectivity index (χ0) is 25.8. The van der Waals surface area contributed by atoms with Crippen LogP contribution in [0.4, 0.5) is 13.2 Å². The average Bonchev–Trinajstić information content (AvgIpc) is 3.63. The number of nitrogens with one attached hydrogen (secondary N) is 2. The summed E-state index contributed by atoms with van der Waals surface area (Å²) in [6.07, 6.45) is -1.02. The number of halogens is 3. The summed E-state index contributed by atoms with van der Waals surface area (Å²) in [5, 5.41) is 5.46. The Kier molecular flexibility index (Phi) is 8.20. The van der Waals surface area contributed by atoms with Crippen LogP contribution in [-0.4, -0.2) is 61.6 Å². The Balaban J connectivity index is 1.68. The first-order valence-electron chi connectivity index (χ1n) is 11.7. The molecule has 1 saturated carbocycles. The molecule has 3 rings (SSSR count). The molecule has 190 valence electrons. The van der Waals surface area contributed by atoms with Crippen molar-refractivity contribution in [2.45, 2.75) is 50.7 Å². The molecule has 1 aliphatic carbocycles. The van der Waals surface area contributed by atoms with E-state index >= 15 is 0 Å². The van der Waals surface area contributed by atoms with Crippen LogP contribution in [0, 0.1) is 12.3 Å². The minimum absolute atomic E-state index is 0.0228. The molecular weight excluding hydrogens is 457 g/mol. The van der Waals surface area contributed by atoms with Crippen LogP contribution in [0.1, 0.15) is 52.2 Å². The lowest BCUT2D eigenvalue weighted by Gasteiger charge is -2.30. The first-order valence-corrected chi connectivity index (χ1v) is 11.7. The predicted octanol–water partition coefficient (Wildman–Crippen LogP) is 3.85. The van der Waals surface area contributed by atoms with Gasteiger partial charge >= 0.3 is 6.18 Å². The Bertz CT molecular complexity index is 1040. The molecule has 0 bridgehead atoms. The lowest BCUT2D eigenvalue weighted by Crippen LogP contribution is -2.43. The molecule has 0 saturated heterocycles. The van der Waals surface area contributed by atoms with Crippen molar-refractivity contribution in [2.75, 3.05) is 27.7 Å². The maximum Gasteiger partial charge on any atom is 0.395 e. The summed E-state index contributed by atoms with van der Waals surface area (Å²) in [6.45, 7) is 2.22. The van der Waals surface area contributed by atoms with Gasteiger partial charge in [0.2, 0.25) is 5.91 Å². The Labute approximate surface area is 204 Å². The Morgan fingerprint density at radius 2 is 1.91 bits per heavy atom. The Morgan fingerprint density at radius 3 is 2.43 bits per heavy atom. The normalized spacial score (nSPS) is 16.5. The number of amides is 2. The second-order valence-corrected chi connectivity index (χ2v) is 9.54. The maximum atomic E-state index is 13.9. The highest BCUT2D eigenvalue weighted by atomic mass is 19.4. The zero-order valence-corrected chi connectivity index (χ0v) is 20.6. The molecule has 1 aromatic heterocycles. The molecule has 1 heterocycles. The molecule has 0 radical (unpaired) electrons. The highest BCUT2D eigenvalue weighted by Gasteiger charge is 2.67. The minimum atomic E-state index is -4.38. The number of nitrogens with zero attached hydrogens (tertiary/aromatic N) is 2. The third-order valence-electron chi connectivity index (χ3n) is 7.05. The van der Waals surface area contributed by atoms with Gasteiger partial charge in [-0.3, -0.25) is 14.6 Å². The Hall–Kier alpha value is -2.94. The fraction of sp³-hybridized carbons (Fsp3) is 0.500. The minimum Gasteiger partial charge on any atom is -0.355 e. The number of carbonyl (C=O) groups is 2. The van der Waals surface area contributed by atoms with Crippen LogP contribution in [0.25, 0.3) is 0 Å². The summed E-state index contributed by atoms with van der Waals surface area (Å²) < 4.78 is 41.7. The number of hydrogen-bond donors (Lipinski definition) is 2. The van der Waals surface area contributed by atoms with Gasteiger partial charge in [-0.1, -0.05) is 12.1 Å². The monoisotopic (exact) mass is 490 g/mol. The van der Waals surface area contributed by atoms with Gasteiger partial charge in [0.25, 0.3) is 5.91 Å². The molecule has 2 aromatic rings. The molecule has 35 heavy (non-hydrogen) atoms.